The van der Waals surface area contributed by atoms with E-state index in [0.717, 1.165) is 0 Å². The molecule has 1 N–H and O–H groups in total. The minimum absolute atomic E-state index is 0.114. The fraction of sp³-hybridized carbons (Fsp3) is 0.321. The largest absolute Gasteiger partial charge is 0.405 e. The Morgan fingerprint density at radius 2 is 1.36 bits per heavy atom. The Hall–Kier alpha value is -2.40. The molecule has 0 bridgehead atoms. The van der Waals surface area contributed by atoms with Gasteiger partial charge in [-0.15, -0.1) is 0 Å². The van der Waals surface area contributed by atoms with E-state index in [1.807, 2.05) is 12.1 Å². The lowest BCUT2D eigenvalue weighted by Gasteiger charge is -2.44. The Kier molecular flexibility index (Phi) is 8.17. The molecule has 0 aliphatic rings. The number of carbonyl (C=O) groups is 1. The van der Waals surface area contributed by atoms with Gasteiger partial charge in [-0.2, -0.15) is 0 Å². The van der Waals surface area contributed by atoms with Crippen LogP contribution in [0.2, 0.25) is 10.1 Å². The maximum atomic E-state index is 12.9. The molecule has 174 valence electrons. The molecule has 0 saturated heterocycles. The van der Waals surface area contributed by atoms with Gasteiger partial charge in [0.15, 0.2) is 0 Å². The van der Waals surface area contributed by atoms with Gasteiger partial charge in [-0.3, -0.25) is 4.79 Å². The van der Waals surface area contributed by atoms with Gasteiger partial charge < -0.3 is 9.74 Å². The number of halogens is 1. The average Bonchev–Trinajstić information content (AvgIpc) is 2.79. The summed E-state index contributed by atoms with van der Waals surface area (Å²) in [5, 5.41) is 6.16. The van der Waals surface area contributed by atoms with Crippen LogP contribution < -0.4 is 15.7 Å². The van der Waals surface area contributed by atoms with Crippen LogP contribution in [0.15, 0.2) is 84.9 Å². The lowest BCUT2D eigenvalue weighted by Crippen LogP contribution is -2.67. The Balaban J connectivity index is 1.94. The maximum absolute atomic E-state index is 12.9. The molecule has 3 nitrogen and oxygen atoms in total. The lowest BCUT2D eigenvalue weighted by molar-refractivity contribution is 0.0901. The minimum Gasteiger partial charge on any atom is -0.405 e. The van der Waals surface area contributed by atoms with Gasteiger partial charge in [-0.1, -0.05) is 107 Å². The molecule has 0 aliphatic heterocycles. The van der Waals surface area contributed by atoms with Crippen LogP contribution in [-0.2, 0) is 4.43 Å². The van der Waals surface area contributed by atoms with Crippen molar-refractivity contribution < 1.29 is 9.22 Å². The van der Waals surface area contributed by atoms with E-state index in [9.17, 15) is 4.79 Å². The monoisotopic (exact) mass is 479 g/mol. The Morgan fingerprint density at radius 3 is 1.79 bits per heavy atom. The number of amides is 1. The van der Waals surface area contributed by atoms with E-state index < -0.39 is 8.32 Å². The van der Waals surface area contributed by atoms with Gasteiger partial charge in [0.05, 0.1) is 12.6 Å². The van der Waals surface area contributed by atoms with Crippen molar-refractivity contribution in [3.8, 4) is 0 Å². The standard InChI is InChI=1S/C28H34ClNO2Si/c1-21(2)26(30-27(31)22-16-18-23(29)19-17-22)20-32-33(28(3,4)5,24-12-8-6-9-13-24)25-14-10-7-11-15-25/h6-19,21,26H,20H2,1-5H3,(H,30,31). The van der Waals surface area contributed by atoms with Crippen molar-refractivity contribution in [1.82, 2.24) is 5.32 Å². The molecule has 0 spiro atoms. The summed E-state index contributed by atoms with van der Waals surface area (Å²) in [7, 11) is -2.66. The highest BCUT2D eigenvalue weighted by Gasteiger charge is 2.50. The quantitative estimate of drug-likeness (QED) is 0.422. The number of hydrogen-bond donors (Lipinski definition) is 1. The molecule has 0 radical (unpaired) electrons. The molecule has 0 aromatic heterocycles. The summed E-state index contributed by atoms with van der Waals surface area (Å²) in [5.74, 6) is 0.0934. The first-order valence-corrected chi connectivity index (χ1v) is 13.7. The summed E-state index contributed by atoms with van der Waals surface area (Å²) in [4.78, 5) is 12.9. The van der Waals surface area contributed by atoms with Gasteiger partial charge >= 0.3 is 0 Å². The Bertz CT molecular complexity index is 992. The fourth-order valence-electron chi connectivity index (χ4n) is 4.23. The van der Waals surface area contributed by atoms with Crippen molar-refractivity contribution in [2.45, 2.75) is 45.7 Å². The van der Waals surface area contributed by atoms with E-state index in [-0.39, 0.29) is 22.9 Å². The third-order valence-electron chi connectivity index (χ3n) is 6.12. The van der Waals surface area contributed by atoms with Crippen LogP contribution >= 0.6 is 11.6 Å². The molecule has 0 fully saturated rings. The molecule has 1 atom stereocenters. The summed E-state index contributed by atoms with van der Waals surface area (Å²) in [5.41, 5.74) is 0.593. The van der Waals surface area contributed by atoms with Crippen LogP contribution in [0, 0.1) is 5.92 Å². The zero-order chi connectivity index (χ0) is 24.1. The molecule has 5 heteroatoms. The summed E-state index contributed by atoms with van der Waals surface area (Å²) in [6.07, 6.45) is 0. The highest BCUT2D eigenvalue weighted by atomic mass is 35.5. The molecule has 0 heterocycles. The van der Waals surface area contributed by atoms with Gasteiger partial charge in [0.1, 0.15) is 0 Å². The topological polar surface area (TPSA) is 38.3 Å². The van der Waals surface area contributed by atoms with Crippen molar-refractivity contribution in [2.75, 3.05) is 6.61 Å². The molecule has 3 aromatic carbocycles. The number of hydrogen-bond acceptors (Lipinski definition) is 2. The summed E-state index contributed by atoms with van der Waals surface area (Å²) in [6.45, 7) is 11.4. The molecule has 3 aromatic rings. The first-order chi connectivity index (χ1) is 15.6. The van der Waals surface area contributed by atoms with Crippen LogP contribution in [0.5, 0.6) is 0 Å². The first-order valence-electron chi connectivity index (χ1n) is 11.5. The predicted molar refractivity (Wildman–Crippen MR) is 141 cm³/mol. The van der Waals surface area contributed by atoms with Crippen molar-refractivity contribution >= 4 is 36.2 Å². The van der Waals surface area contributed by atoms with Crippen molar-refractivity contribution in [2.24, 2.45) is 5.92 Å². The molecule has 1 unspecified atom stereocenters. The fourth-order valence-corrected chi connectivity index (χ4v) is 8.94. The predicted octanol–water partition coefficient (Wildman–Crippen LogP) is 5.67. The van der Waals surface area contributed by atoms with Gasteiger partial charge in [-0.05, 0) is 45.6 Å². The van der Waals surface area contributed by atoms with E-state index in [1.165, 1.54) is 10.4 Å². The van der Waals surface area contributed by atoms with Crippen molar-refractivity contribution in [3.05, 3.63) is 95.5 Å². The van der Waals surface area contributed by atoms with Crippen molar-refractivity contribution in [1.29, 1.82) is 0 Å². The summed E-state index contributed by atoms with van der Waals surface area (Å²) >= 11 is 5.98. The van der Waals surface area contributed by atoms with Gasteiger partial charge in [0.2, 0.25) is 0 Å². The Labute approximate surface area is 204 Å². The maximum Gasteiger partial charge on any atom is 0.261 e. The molecule has 33 heavy (non-hydrogen) atoms. The number of benzene rings is 3. The molecular weight excluding hydrogens is 446 g/mol. The van der Waals surface area contributed by atoms with Crippen LogP contribution in [0.4, 0.5) is 0 Å². The van der Waals surface area contributed by atoms with E-state index in [2.05, 4.69) is 88.5 Å². The summed E-state index contributed by atoms with van der Waals surface area (Å²) < 4.78 is 7.05. The molecule has 0 aliphatic carbocycles. The number of carbonyl (C=O) groups excluding carboxylic acids is 1. The smallest absolute Gasteiger partial charge is 0.261 e. The SMILES string of the molecule is CC(C)C(CO[Si](c1ccccc1)(c1ccccc1)C(C)(C)C)NC(=O)c1ccc(Cl)cc1. The van der Waals surface area contributed by atoms with Crippen LogP contribution in [0.25, 0.3) is 0 Å². The second-order valence-corrected chi connectivity index (χ2v) is 14.5. The number of nitrogens with one attached hydrogen (secondary N) is 1. The average molecular weight is 480 g/mol. The van der Waals surface area contributed by atoms with Crippen LogP contribution in [0.1, 0.15) is 45.0 Å². The highest BCUT2D eigenvalue weighted by Crippen LogP contribution is 2.37. The second kappa shape index (κ2) is 10.7. The van der Waals surface area contributed by atoms with Crippen LogP contribution in [-0.4, -0.2) is 26.9 Å². The number of rotatable bonds is 8. The van der Waals surface area contributed by atoms with E-state index in [0.29, 0.717) is 17.2 Å². The normalized spacial score (nSPS) is 13.1. The zero-order valence-electron chi connectivity index (χ0n) is 20.1. The van der Waals surface area contributed by atoms with Gasteiger partial charge in [0, 0.05) is 10.6 Å². The van der Waals surface area contributed by atoms with E-state index in [4.69, 9.17) is 16.0 Å². The minimum atomic E-state index is -2.66. The summed E-state index contributed by atoms with van der Waals surface area (Å²) in [6, 6.07) is 28.0. The van der Waals surface area contributed by atoms with E-state index >= 15 is 0 Å². The molecule has 3 rings (SSSR count). The zero-order valence-corrected chi connectivity index (χ0v) is 21.9. The van der Waals surface area contributed by atoms with Gasteiger partial charge in [-0.25, -0.2) is 0 Å². The molecule has 1 amide bonds. The van der Waals surface area contributed by atoms with Crippen molar-refractivity contribution in [3.63, 3.8) is 0 Å². The highest BCUT2D eigenvalue weighted by molar-refractivity contribution is 6.99. The molecule has 0 saturated carbocycles. The third-order valence-corrected chi connectivity index (χ3v) is 11.4. The third kappa shape index (κ3) is 5.75. The second-order valence-electron chi connectivity index (χ2n) is 9.81. The van der Waals surface area contributed by atoms with E-state index in [1.54, 1.807) is 24.3 Å². The van der Waals surface area contributed by atoms with Gasteiger partial charge in [0.25, 0.3) is 14.2 Å². The van der Waals surface area contributed by atoms with Crippen LogP contribution in [0.3, 0.4) is 0 Å². The lowest BCUT2D eigenvalue weighted by atomic mass is 10.0. The first kappa shape index (κ1) is 25.2. The molecular formula is C28H34ClNO2Si. The Morgan fingerprint density at radius 1 is 0.879 bits per heavy atom.